The molecule has 0 aromatic heterocycles. The average molecular weight is 242 g/mol. The number of ketones is 1. The zero-order valence-corrected chi connectivity index (χ0v) is 12.0. The normalized spacial score (nSPS) is 15.1. The van der Waals surface area contributed by atoms with Crippen LogP contribution in [0.1, 0.15) is 27.7 Å². The highest BCUT2D eigenvalue weighted by atomic mass is 28.4. The van der Waals surface area contributed by atoms with Crippen molar-refractivity contribution >= 4 is 20.4 Å². The molecule has 0 aliphatic rings. The van der Waals surface area contributed by atoms with Gasteiger partial charge in [-0.15, -0.1) is 0 Å². The second-order valence-corrected chi connectivity index (χ2v) is 10.2. The van der Waals surface area contributed by atoms with Crippen LogP contribution < -0.4 is 0 Å². The Balaban J connectivity index is 4.56. The minimum Gasteiger partial charge on any atom is -0.407 e. The third-order valence-electron chi connectivity index (χ3n) is 3.02. The molecule has 0 unspecified atom stereocenters. The fourth-order valence-electron chi connectivity index (χ4n) is 0.946. The number of carbonyl (C=O) groups is 2. The molecular formula is C12H22O3Si. The summed E-state index contributed by atoms with van der Waals surface area (Å²) in [5, 5.41) is 0.0793. The molecule has 0 bridgehead atoms. The molecule has 0 amide bonds. The predicted molar refractivity (Wildman–Crippen MR) is 68.0 cm³/mol. The molecule has 0 spiro atoms. The first-order chi connectivity index (χ1) is 7.12. The topological polar surface area (TPSA) is 43.4 Å². The maximum atomic E-state index is 11.6. The smallest absolute Gasteiger partial charge is 0.193 e. The lowest BCUT2D eigenvalue weighted by atomic mass is 10.2. The van der Waals surface area contributed by atoms with Crippen LogP contribution in [0, 0.1) is 0 Å². The minimum atomic E-state index is -1.91. The van der Waals surface area contributed by atoms with Gasteiger partial charge in [0, 0.05) is 0 Å². The van der Waals surface area contributed by atoms with Crippen molar-refractivity contribution in [2.45, 2.75) is 51.9 Å². The number of hydrogen-bond donors (Lipinski definition) is 0. The van der Waals surface area contributed by atoms with Crippen LogP contribution in [0.3, 0.4) is 0 Å². The SMILES string of the molecule is C[C@H](O[Si](C)(C)C(C)(C)C)C(=O)/C=C/C=O. The zero-order chi connectivity index (χ0) is 13.0. The number of carbonyl (C=O) groups excluding carboxylic acids is 2. The van der Waals surface area contributed by atoms with Gasteiger partial charge in [-0.3, -0.25) is 9.59 Å². The molecule has 0 aliphatic heterocycles. The van der Waals surface area contributed by atoms with Crippen LogP contribution in [0.15, 0.2) is 12.2 Å². The molecule has 4 heteroatoms. The highest BCUT2D eigenvalue weighted by molar-refractivity contribution is 6.74. The van der Waals surface area contributed by atoms with E-state index in [1.165, 1.54) is 12.2 Å². The van der Waals surface area contributed by atoms with Crippen molar-refractivity contribution in [3.05, 3.63) is 12.2 Å². The quantitative estimate of drug-likeness (QED) is 0.423. The van der Waals surface area contributed by atoms with Gasteiger partial charge in [-0.2, -0.15) is 0 Å². The minimum absolute atomic E-state index is 0.0793. The van der Waals surface area contributed by atoms with E-state index in [2.05, 4.69) is 33.9 Å². The van der Waals surface area contributed by atoms with Gasteiger partial charge in [-0.05, 0) is 37.2 Å². The Hall–Kier alpha value is -0.743. The summed E-state index contributed by atoms with van der Waals surface area (Å²) in [6.45, 7) is 12.3. The highest BCUT2D eigenvalue weighted by Crippen LogP contribution is 2.37. The fraction of sp³-hybridized carbons (Fsp3) is 0.667. The molecule has 16 heavy (non-hydrogen) atoms. The van der Waals surface area contributed by atoms with Crippen LogP contribution >= 0.6 is 0 Å². The molecule has 0 aromatic rings. The summed E-state index contributed by atoms with van der Waals surface area (Å²) in [4.78, 5) is 21.7. The molecule has 0 saturated heterocycles. The van der Waals surface area contributed by atoms with Gasteiger partial charge in [0.05, 0.1) is 0 Å². The summed E-state index contributed by atoms with van der Waals surface area (Å²) in [5.41, 5.74) is 0. The average Bonchev–Trinajstić information content (AvgIpc) is 2.11. The Morgan fingerprint density at radius 1 is 1.31 bits per heavy atom. The van der Waals surface area contributed by atoms with Crippen LogP contribution in [0.5, 0.6) is 0 Å². The Bertz CT molecular complexity index is 287. The van der Waals surface area contributed by atoms with Crippen molar-refractivity contribution in [3.63, 3.8) is 0 Å². The standard InChI is InChI=1S/C12H22O3Si/c1-10(11(14)8-7-9-13)15-16(5,6)12(2,3)4/h7-10H,1-6H3/b8-7+/t10-/m0/s1. The van der Waals surface area contributed by atoms with E-state index in [0.29, 0.717) is 6.29 Å². The lowest BCUT2D eigenvalue weighted by Crippen LogP contribution is -2.44. The van der Waals surface area contributed by atoms with Crippen molar-refractivity contribution in [2.24, 2.45) is 0 Å². The third-order valence-corrected chi connectivity index (χ3v) is 7.57. The second kappa shape index (κ2) is 5.55. The van der Waals surface area contributed by atoms with E-state index in [-0.39, 0.29) is 10.8 Å². The van der Waals surface area contributed by atoms with Crippen molar-refractivity contribution < 1.29 is 14.0 Å². The number of aldehydes is 1. The Morgan fingerprint density at radius 3 is 2.19 bits per heavy atom. The van der Waals surface area contributed by atoms with E-state index in [4.69, 9.17) is 4.43 Å². The number of rotatable bonds is 5. The van der Waals surface area contributed by atoms with E-state index in [1.807, 2.05) is 0 Å². The molecule has 0 rings (SSSR count). The first-order valence-corrected chi connectivity index (χ1v) is 8.36. The summed E-state index contributed by atoms with van der Waals surface area (Å²) < 4.78 is 5.88. The van der Waals surface area contributed by atoms with Gasteiger partial charge in [0.25, 0.3) is 0 Å². The first kappa shape index (κ1) is 15.3. The first-order valence-electron chi connectivity index (χ1n) is 5.45. The molecule has 0 heterocycles. The van der Waals surface area contributed by atoms with Crippen LogP contribution in [0.25, 0.3) is 0 Å². The molecule has 0 aliphatic carbocycles. The van der Waals surface area contributed by atoms with Crippen LogP contribution in [0.2, 0.25) is 18.1 Å². The molecule has 0 fully saturated rings. The van der Waals surface area contributed by atoms with Crippen molar-refractivity contribution in [1.82, 2.24) is 0 Å². The molecule has 3 nitrogen and oxygen atoms in total. The van der Waals surface area contributed by atoms with E-state index in [1.54, 1.807) is 6.92 Å². The Morgan fingerprint density at radius 2 is 1.81 bits per heavy atom. The van der Waals surface area contributed by atoms with Crippen LogP contribution in [0.4, 0.5) is 0 Å². The van der Waals surface area contributed by atoms with Crippen molar-refractivity contribution in [2.75, 3.05) is 0 Å². The summed E-state index contributed by atoms with van der Waals surface area (Å²) in [7, 11) is -1.91. The summed E-state index contributed by atoms with van der Waals surface area (Å²) >= 11 is 0. The van der Waals surface area contributed by atoms with Gasteiger partial charge in [-0.1, -0.05) is 20.8 Å². The largest absolute Gasteiger partial charge is 0.407 e. The lowest BCUT2D eigenvalue weighted by Gasteiger charge is -2.37. The third kappa shape index (κ3) is 4.41. The highest BCUT2D eigenvalue weighted by Gasteiger charge is 2.39. The maximum absolute atomic E-state index is 11.6. The monoisotopic (exact) mass is 242 g/mol. The van der Waals surface area contributed by atoms with E-state index < -0.39 is 14.4 Å². The van der Waals surface area contributed by atoms with Gasteiger partial charge in [0.15, 0.2) is 14.1 Å². The van der Waals surface area contributed by atoms with Crippen LogP contribution in [-0.4, -0.2) is 26.5 Å². The molecule has 0 aromatic carbocycles. The Kier molecular flexibility index (Phi) is 5.29. The number of hydrogen-bond acceptors (Lipinski definition) is 3. The molecule has 0 radical (unpaired) electrons. The van der Waals surface area contributed by atoms with E-state index in [0.717, 1.165) is 0 Å². The molecule has 0 saturated carbocycles. The summed E-state index contributed by atoms with van der Waals surface area (Å²) in [6.07, 6.45) is 2.59. The lowest BCUT2D eigenvalue weighted by molar-refractivity contribution is -0.121. The zero-order valence-electron chi connectivity index (χ0n) is 11.0. The molecular weight excluding hydrogens is 220 g/mol. The van der Waals surface area contributed by atoms with Gasteiger partial charge in [-0.25, -0.2) is 0 Å². The maximum Gasteiger partial charge on any atom is 0.193 e. The van der Waals surface area contributed by atoms with Gasteiger partial charge < -0.3 is 4.43 Å². The van der Waals surface area contributed by atoms with E-state index in [9.17, 15) is 9.59 Å². The van der Waals surface area contributed by atoms with Gasteiger partial charge in [0.2, 0.25) is 0 Å². The van der Waals surface area contributed by atoms with Crippen molar-refractivity contribution in [3.8, 4) is 0 Å². The molecule has 0 N–H and O–H groups in total. The summed E-state index contributed by atoms with van der Waals surface area (Å²) in [6, 6.07) is 0. The predicted octanol–water partition coefficient (Wildman–Crippen LogP) is 2.72. The van der Waals surface area contributed by atoms with Crippen molar-refractivity contribution in [1.29, 1.82) is 0 Å². The number of allylic oxidation sites excluding steroid dienone is 1. The van der Waals surface area contributed by atoms with E-state index >= 15 is 0 Å². The van der Waals surface area contributed by atoms with Gasteiger partial charge >= 0.3 is 0 Å². The van der Waals surface area contributed by atoms with Gasteiger partial charge in [0.1, 0.15) is 12.4 Å². The molecule has 1 atom stereocenters. The molecule has 92 valence electrons. The Labute approximate surface area is 99.0 Å². The fourth-order valence-corrected chi connectivity index (χ4v) is 2.30. The second-order valence-electron chi connectivity index (χ2n) is 5.42. The summed E-state index contributed by atoms with van der Waals surface area (Å²) in [5.74, 6) is -0.156. The van der Waals surface area contributed by atoms with Crippen LogP contribution in [-0.2, 0) is 14.0 Å².